The monoisotopic (exact) mass is 241 g/mol. The van der Waals surface area contributed by atoms with Crippen LogP contribution in [0.5, 0.6) is 0 Å². The SMILES string of the molecule is Nc1nc2cccnc2c2c1nc1n2CCOC1. The van der Waals surface area contributed by atoms with E-state index in [-0.39, 0.29) is 0 Å². The number of anilines is 1. The van der Waals surface area contributed by atoms with Gasteiger partial charge in [-0.1, -0.05) is 0 Å². The van der Waals surface area contributed by atoms with Crippen molar-refractivity contribution in [3.8, 4) is 0 Å². The highest BCUT2D eigenvalue weighted by Crippen LogP contribution is 2.28. The van der Waals surface area contributed by atoms with E-state index in [1.807, 2.05) is 12.1 Å². The highest BCUT2D eigenvalue weighted by Gasteiger charge is 2.19. The summed E-state index contributed by atoms with van der Waals surface area (Å²) in [5.74, 6) is 1.34. The van der Waals surface area contributed by atoms with Crippen molar-refractivity contribution in [3.63, 3.8) is 0 Å². The zero-order valence-electron chi connectivity index (χ0n) is 9.63. The van der Waals surface area contributed by atoms with Gasteiger partial charge in [-0.2, -0.15) is 0 Å². The number of aromatic nitrogens is 4. The van der Waals surface area contributed by atoms with E-state index in [9.17, 15) is 0 Å². The Bertz CT molecular complexity index is 764. The average Bonchev–Trinajstić information content (AvgIpc) is 2.79. The van der Waals surface area contributed by atoms with Gasteiger partial charge in [0.15, 0.2) is 5.82 Å². The molecule has 0 radical (unpaired) electrons. The molecule has 0 saturated carbocycles. The summed E-state index contributed by atoms with van der Waals surface area (Å²) in [7, 11) is 0. The highest BCUT2D eigenvalue weighted by atomic mass is 16.5. The molecule has 1 aliphatic heterocycles. The van der Waals surface area contributed by atoms with Crippen LogP contribution >= 0.6 is 0 Å². The maximum Gasteiger partial charge on any atom is 0.152 e. The highest BCUT2D eigenvalue weighted by molar-refractivity contribution is 6.04. The normalized spacial score (nSPS) is 15.1. The van der Waals surface area contributed by atoms with E-state index in [4.69, 9.17) is 10.5 Å². The van der Waals surface area contributed by atoms with Crippen LogP contribution in [0.15, 0.2) is 18.3 Å². The van der Waals surface area contributed by atoms with Gasteiger partial charge in [0.1, 0.15) is 29.0 Å². The third kappa shape index (κ3) is 1.18. The summed E-state index contributed by atoms with van der Waals surface area (Å²) in [5.41, 5.74) is 9.32. The molecule has 0 aliphatic carbocycles. The smallest absolute Gasteiger partial charge is 0.152 e. The summed E-state index contributed by atoms with van der Waals surface area (Å²) >= 11 is 0. The van der Waals surface area contributed by atoms with Gasteiger partial charge in [0.2, 0.25) is 0 Å². The molecule has 1 aliphatic rings. The summed E-state index contributed by atoms with van der Waals surface area (Å²) in [6.07, 6.45) is 1.76. The summed E-state index contributed by atoms with van der Waals surface area (Å²) in [6, 6.07) is 3.77. The molecule has 3 aromatic rings. The molecular weight excluding hydrogens is 230 g/mol. The first-order chi connectivity index (χ1) is 8.84. The van der Waals surface area contributed by atoms with Gasteiger partial charge in [-0.3, -0.25) is 4.98 Å². The van der Waals surface area contributed by atoms with Gasteiger partial charge in [0, 0.05) is 12.7 Å². The number of nitrogens with zero attached hydrogens (tertiary/aromatic N) is 4. The minimum atomic E-state index is 0.451. The van der Waals surface area contributed by atoms with E-state index in [0.29, 0.717) is 19.0 Å². The summed E-state index contributed by atoms with van der Waals surface area (Å²) in [6.45, 7) is 1.98. The van der Waals surface area contributed by atoms with Gasteiger partial charge in [-0.05, 0) is 12.1 Å². The van der Waals surface area contributed by atoms with Crippen LogP contribution in [-0.2, 0) is 17.9 Å². The number of fused-ring (bicyclic) bond motifs is 5. The predicted octanol–water partition coefficient (Wildman–Crippen LogP) is 1.09. The zero-order chi connectivity index (χ0) is 12.1. The summed E-state index contributed by atoms with van der Waals surface area (Å²) < 4.78 is 7.54. The van der Waals surface area contributed by atoms with Crippen LogP contribution in [0.3, 0.4) is 0 Å². The topological polar surface area (TPSA) is 78.9 Å². The Kier molecular flexibility index (Phi) is 1.84. The van der Waals surface area contributed by atoms with Crippen molar-refractivity contribution in [3.05, 3.63) is 24.2 Å². The maximum atomic E-state index is 5.98. The Balaban J connectivity index is 2.24. The molecule has 0 saturated heterocycles. The first-order valence-corrected chi connectivity index (χ1v) is 5.81. The summed E-state index contributed by atoms with van der Waals surface area (Å²) in [4.78, 5) is 13.3. The zero-order valence-corrected chi connectivity index (χ0v) is 9.63. The maximum absolute atomic E-state index is 5.98. The van der Waals surface area contributed by atoms with Crippen LogP contribution in [0.2, 0.25) is 0 Å². The van der Waals surface area contributed by atoms with Gasteiger partial charge < -0.3 is 15.0 Å². The first-order valence-electron chi connectivity index (χ1n) is 5.81. The van der Waals surface area contributed by atoms with Crippen LogP contribution in [0.4, 0.5) is 5.82 Å². The molecule has 18 heavy (non-hydrogen) atoms. The molecule has 6 heteroatoms. The molecule has 0 spiro atoms. The standard InChI is InChI=1S/C12H11N5O/c13-12-10-11(9-7(15-12)2-1-3-14-9)17-4-5-18-6-8(17)16-10/h1-3H,4-6H2,(H2,13,15). The molecule has 0 bridgehead atoms. The van der Waals surface area contributed by atoms with E-state index < -0.39 is 0 Å². The number of nitrogen functional groups attached to an aromatic ring is 1. The van der Waals surface area contributed by atoms with Gasteiger partial charge >= 0.3 is 0 Å². The molecule has 2 N–H and O–H groups in total. The second-order valence-electron chi connectivity index (χ2n) is 4.30. The molecule has 0 fully saturated rings. The number of nitrogens with two attached hydrogens (primary N) is 1. The van der Waals surface area contributed by atoms with Crippen molar-refractivity contribution in [1.29, 1.82) is 0 Å². The van der Waals surface area contributed by atoms with Gasteiger partial charge in [-0.15, -0.1) is 0 Å². The average molecular weight is 241 g/mol. The third-order valence-corrected chi connectivity index (χ3v) is 3.23. The lowest BCUT2D eigenvalue weighted by atomic mass is 10.2. The molecule has 0 amide bonds. The Hall–Kier alpha value is -2.21. The number of ether oxygens (including phenoxy) is 1. The molecule has 0 aromatic carbocycles. The van der Waals surface area contributed by atoms with E-state index in [1.54, 1.807) is 6.20 Å². The Morgan fingerprint density at radius 2 is 2.22 bits per heavy atom. The van der Waals surface area contributed by atoms with Gasteiger partial charge in [0.05, 0.1) is 12.1 Å². The van der Waals surface area contributed by atoms with Crippen LogP contribution in [0.25, 0.3) is 22.1 Å². The largest absolute Gasteiger partial charge is 0.382 e. The van der Waals surface area contributed by atoms with Crippen molar-refractivity contribution in [1.82, 2.24) is 19.5 Å². The first kappa shape index (κ1) is 9.78. The van der Waals surface area contributed by atoms with Gasteiger partial charge in [0.25, 0.3) is 0 Å². The molecule has 0 unspecified atom stereocenters. The van der Waals surface area contributed by atoms with Crippen LogP contribution in [0, 0.1) is 0 Å². The number of hydrogen-bond donors (Lipinski definition) is 1. The lowest BCUT2D eigenvalue weighted by molar-refractivity contribution is 0.0831. The second kappa shape index (κ2) is 3.39. The minimum absolute atomic E-state index is 0.451. The summed E-state index contributed by atoms with van der Waals surface area (Å²) in [5, 5.41) is 0. The lowest BCUT2D eigenvalue weighted by Gasteiger charge is -2.15. The van der Waals surface area contributed by atoms with Crippen LogP contribution in [-0.4, -0.2) is 26.1 Å². The molecule has 4 rings (SSSR count). The number of hydrogen-bond acceptors (Lipinski definition) is 5. The van der Waals surface area contributed by atoms with Crippen LogP contribution < -0.4 is 5.73 Å². The van der Waals surface area contributed by atoms with Crippen molar-refractivity contribution in [2.24, 2.45) is 0 Å². The van der Waals surface area contributed by atoms with Crippen molar-refractivity contribution >= 4 is 27.9 Å². The molecule has 90 valence electrons. The number of rotatable bonds is 0. The Labute approximate surface area is 102 Å². The fourth-order valence-electron chi connectivity index (χ4n) is 2.44. The van der Waals surface area contributed by atoms with Crippen molar-refractivity contribution in [2.75, 3.05) is 12.3 Å². The van der Waals surface area contributed by atoms with Crippen LogP contribution in [0.1, 0.15) is 5.82 Å². The molecule has 4 heterocycles. The minimum Gasteiger partial charge on any atom is -0.382 e. The van der Waals surface area contributed by atoms with E-state index in [0.717, 1.165) is 34.4 Å². The van der Waals surface area contributed by atoms with Crippen molar-refractivity contribution < 1.29 is 4.74 Å². The van der Waals surface area contributed by atoms with E-state index in [1.165, 1.54) is 0 Å². The molecule has 0 atom stereocenters. The Morgan fingerprint density at radius 3 is 3.17 bits per heavy atom. The predicted molar refractivity (Wildman–Crippen MR) is 66.9 cm³/mol. The fraction of sp³-hybridized carbons (Fsp3) is 0.250. The molecule has 6 nitrogen and oxygen atoms in total. The molecular formula is C12H11N5O. The van der Waals surface area contributed by atoms with Gasteiger partial charge in [-0.25, -0.2) is 9.97 Å². The quantitative estimate of drug-likeness (QED) is 0.637. The lowest BCUT2D eigenvalue weighted by Crippen LogP contribution is -2.16. The second-order valence-corrected chi connectivity index (χ2v) is 4.30. The fourth-order valence-corrected chi connectivity index (χ4v) is 2.44. The Morgan fingerprint density at radius 1 is 1.28 bits per heavy atom. The van der Waals surface area contributed by atoms with E-state index in [2.05, 4.69) is 19.5 Å². The van der Waals surface area contributed by atoms with Crippen molar-refractivity contribution in [2.45, 2.75) is 13.2 Å². The van der Waals surface area contributed by atoms with E-state index >= 15 is 0 Å². The number of pyridine rings is 2. The third-order valence-electron chi connectivity index (χ3n) is 3.23. The number of imidazole rings is 1. The molecule has 3 aromatic heterocycles.